The van der Waals surface area contributed by atoms with E-state index in [1.807, 2.05) is 0 Å². The molecule has 0 aliphatic carbocycles. The van der Waals surface area contributed by atoms with Crippen LogP contribution in [0, 0.1) is 13.8 Å². The maximum atomic E-state index is 12.2. The van der Waals surface area contributed by atoms with Gasteiger partial charge in [-0.25, -0.2) is 0 Å². The lowest BCUT2D eigenvalue weighted by molar-refractivity contribution is -0.131. The fourth-order valence-corrected chi connectivity index (χ4v) is 2.33. The molecule has 1 aromatic heterocycles. The van der Waals surface area contributed by atoms with Crippen LogP contribution in [0.3, 0.4) is 0 Å². The zero-order chi connectivity index (χ0) is 10.2. The van der Waals surface area contributed by atoms with Crippen molar-refractivity contribution in [2.75, 3.05) is 0 Å². The van der Waals surface area contributed by atoms with E-state index in [1.54, 1.807) is 13.8 Å². The summed E-state index contributed by atoms with van der Waals surface area (Å²) in [6, 6.07) is 1.49. The molecule has 0 amide bonds. The highest BCUT2D eigenvalue weighted by molar-refractivity contribution is 7.12. The molecule has 1 heterocycles. The minimum Gasteiger partial charge on any atom is -0.169 e. The van der Waals surface area contributed by atoms with Crippen molar-refractivity contribution < 1.29 is 13.2 Å². The maximum absolute atomic E-state index is 12.2. The zero-order valence-electron chi connectivity index (χ0n) is 7.07. The molecule has 1 unspecified atom stereocenters. The molecule has 0 bridgehead atoms. The van der Waals surface area contributed by atoms with Crippen LogP contribution in [0.25, 0.3) is 0 Å². The van der Waals surface area contributed by atoms with Crippen LogP contribution in [0.5, 0.6) is 0 Å². The van der Waals surface area contributed by atoms with Gasteiger partial charge in [0.1, 0.15) is 0 Å². The van der Waals surface area contributed by atoms with Crippen LogP contribution >= 0.6 is 22.9 Å². The van der Waals surface area contributed by atoms with Crippen molar-refractivity contribution in [3.05, 3.63) is 21.4 Å². The first-order valence-electron chi connectivity index (χ1n) is 3.60. The summed E-state index contributed by atoms with van der Waals surface area (Å²) in [6.07, 6.45) is -4.36. The van der Waals surface area contributed by atoms with Crippen molar-refractivity contribution in [1.29, 1.82) is 0 Å². The number of hydrogen-bond donors (Lipinski definition) is 0. The summed E-state index contributed by atoms with van der Waals surface area (Å²) < 4.78 is 36.6. The third-order valence-corrected chi connectivity index (χ3v) is 3.10. The summed E-state index contributed by atoms with van der Waals surface area (Å²) in [5, 5.41) is -1.88. The third kappa shape index (κ3) is 2.38. The molecule has 0 aliphatic heterocycles. The standard InChI is InChI=1S/C8H8ClF3S/c1-4-3-6(5(2)13-4)7(9)8(10,11)12/h3,7H,1-2H3. The monoisotopic (exact) mass is 228 g/mol. The second-order valence-electron chi connectivity index (χ2n) is 2.77. The summed E-state index contributed by atoms with van der Waals surface area (Å²) in [7, 11) is 0. The van der Waals surface area contributed by atoms with Crippen molar-refractivity contribution in [2.45, 2.75) is 25.4 Å². The van der Waals surface area contributed by atoms with Crippen LogP contribution in [0.4, 0.5) is 13.2 Å². The Morgan fingerprint density at radius 3 is 2.23 bits per heavy atom. The van der Waals surface area contributed by atoms with E-state index in [4.69, 9.17) is 11.6 Å². The fourth-order valence-electron chi connectivity index (χ4n) is 1.08. The molecule has 74 valence electrons. The molecular weight excluding hydrogens is 221 g/mol. The Labute approximate surface area is 83.3 Å². The summed E-state index contributed by atoms with van der Waals surface area (Å²) in [6.45, 7) is 3.41. The predicted molar refractivity (Wildman–Crippen MR) is 48.4 cm³/mol. The zero-order valence-corrected chi connectivity index (χ0v) is 8.65. The van der Waals surface area contributed by atoms with E-state index in [9.17, 15) is 13.2 Å². The van der Waals surface area contributed by atoms with Gasteiger partial charge < -0.3 is 0 Å². The van der Waals surface area contributed by atoms with Crippen LogP contribution in [0.2, 0.25) is 0 Å². The van der Waals surface area contributed by atoms with Crippen molar-refractivity contribution in [1.82, 2.24) is 0 Å². The van der Waals surface area contributed by atoms with Gasteiger partial charge in [0.2, 0.25) is 0 Å². The molecule has 13 heavy (non-hydrogen) atoms. The minimum atomic E-state index is -4.36. The number of halogens is 4. The molecule has 5 heteroatoms. The molecule has 0 aliphatic rings. The average molecular weight is 229 g/mol. The Kier molecular flexibility index (Phi) is 2.92. The summed E-state index contributed by atoms with van der Waals surface area (Å²) in [5.74, 6) is 0. The van der Waals surface area contributed by atoms with Gasteiger partial charge in [0.25, 0.3) is 0 Å². The van der Waals surface area contributed by atoms with Crippen molar-refractivity contribution >= 4 is 22.9 Å². The molecule has 0 radical (unpaired) electrons. The fraction of sp³-hybridized carbons (Fsp3) is 0.500. The third-order valence-electron chi connectivity index (χ3n) is 1.64. The van der Waals surface area contributed by atoms with Gasteiger partial charge in [-0.3, -0.25) is 0 Å². The maximum Gasteiger partial charge on any atom is 0.408 e. The van der Waals surface area contributed by atoms with E-state index in [2.05, 4.69) is 0 Å². The summed E-state index contributed by atoms with van der Waals surface area (Å²) in [5.41, 5.74) is 0.177. The molecule has 1 aromatic rings. The van der Waals surface area contributed by atoms with Gasteiger partial charge in [0.05, 0.1) is 0 Å². The van der Waals surface area contributed by atoms with Crippen molar-refractivity contribution in [2.24, 2.45) is 0 Å². The summed E-state index contributed by atoms with van der Waals surface area (Å²) >= 11 is 6.61. The van der Waals surface area contributed by atoms with E-state index < -0.39 is 11.6 Å². The number of thiophene rings is 1. The Hall–Kier alpha value is -0.220. The van der Waals surface area contributed by atoms with Gasteiger partial charge in [0, 0.05) is 9.75 Å². The van der Waals surface area contributed by atoms with Crippen LogP contribution in [-0.2, 0) is 0 Å². The highest BCUT2D eigenvalue weighted by Gasteiger charge is 2.40. The largest absolute Gasteiger partial charge is 0.408 e. The molecule has 1 rings (SSSR count). The van der Waals surface area contributed by atoms with Gasteiger partial charge >= 0.3 is 6.18 Å². The quantitative estimate of drug-likeness (QED) is 0.632. The SMILES string of the molecule is Cc1cc(C(Cl)C(F)(F)F)c(C)s1. The molecule has 0 spiro atoms. The molecule has 0 nitrogen and oxygen atoms in total. The van der Waals surface area contributed by atoms with E-state index >= 15 is 0 Å². The smallest absolute Gasteiger partial charge is 0.169 e. The molecule has 0 aromatic carbocycles. The van der Waals surface area contributed by atoms with E-state index in [0.717, 1.165) is 4.88 Å². The summed E-state index contributed by atoms with van der Waals surface area (Å²) in [4.78, 5) is 1.48. The molecule has 0 saturated heterocycles. The van der Waals surface area contributed by atoms with Crippen LogP contribution in [-0.4, -0.2) is 6.18 Å². The number of hydrogen-bond acceptors (Lipinski definition) is 1. The minimum absolute atomic E-state index is 0.177. The highest BCUT2D eigenvalue weighted by Crippen LogP contribution is 2.41. The molecule has 1 atom stereocenters. The highest BCUT2D eigenvalue weighted by atomic mass is 35.5. The lowest BCUT2D eigenvalue weighted by Gasteiger charge is -2.12. The Bertz CT molecular complexity index is 303. The van der Waals surface area contributed by atoms with E-state index in [0.29, 0.717) is 4.88 Å². The van der Waals surface area contributed by atoms with Gasteiger partial charge in [0.15, 0.2) is 5.38 Å². The van der Waals surface area contributed by atoms with Gasteiger partial charge in [-0.1, -0.05) is 0 Å². The first kappa shape index (κ1) is 10.9. The normalized spacial score (nSPS) is 14.6. The molecule has 0 N–H and O–H groups in total. The molecular formula is C8H8ClF3S. The molecule has 0 fully saturated rings. The topological polar surface area (TPSA) is 0 Å². The second-order valence-corrected chi connectivity index (χ2v) is 4.67. The second kappa shape index (κ2) is 3.50. The number of aryl methyl sites for hydroxylation is 2. The molecule has 0 saturated carbocycles. The van der Waals surface area contributed by atoms with Crippen LogP contribution in [0.1, 0.15) is 20.7 Å². The first-order valence-corrected chi connectivity index (χ1v) is 4.85. The lowest BCUT2D eigenvalue weighted by atomic mass is 10.2. The van der Waals surface area contributed by atoms with Crippen molar-refractivity contribution in [3.8, 4) is 0 Å². The van der Waals surface area contributed by atoms with E-state index in [1.165, 1.54) is 17.4 Å². The van der Waals surface area contributed by atoms with Crippen LogP contribution in [0.15, 0.2) is 6.07 Å². The Morgan fingerprint density at radius 1 is 1.38 bits per heavy atom. The lowest BCUT2D eigenvalue weighted by Crippen LogP contribution is -2.15. The van der Waals surface area contributed by atoms with Gasteiger partial charge in [-0.05, 0) is 25.5 Å². The predicted octanol–water partition coefficient (Wildman–Crippen LogP) is 4.21. The van der Waals surface area contributed by atoms with Gasteiger partial charge in [-0.15, -0.1) is 22.9 Å². The number of rotatable bonds is 1. The van der Waals surface area contributed by atoms with Gasteiger partial charge in [-0.2, -0.15) is 13.2 Å². The van der Waals surface area contributed by atoms with Crippen molar-refractivity contribution in [3.63, 3.8) is 0 Å². The number of alkyl halides is 4. The Morgan fingerprint density at radius 2 is 1.92 bits per heavy atom. The Balaban J connectivity index is 3.01. The average Bonchev–Trinajstić information content (AvgIpc) is 2.26. The first-order chi connectivity index (χ1) is 5.82. The van der Waals surface area contributed by atoms with E-state index in [-0.39, 0.29) is 5.56 Å². The van der Waals surface area contributed by atoms with Crippen LogP contribution < -0.4 is 0 Å².